The van der Waals surface area contributed by atoms with Crippen LogP contribution in [0.3, 0.4) is 0 Å². The Morgan fingerprint density at radius 3 is 2.54 bits per heavy atom. The van der Waals surface area contributed by atoms with Crippen LogP contribution in [0.2, 0.25) is 5.02 Å². The Hall–Kier alpha value is -2.92. The maximum absolute atomic E-state index is 13.2. The van der Waals surface area contributed by atoms with E-state index in [4.69, 9.17) is 11.6 Å². The SMILES string of the molecule is Cc1ccc(CNC(=O)c2cc(Nc3ccc(F)c(Cl)c3)ccn2)cc1. The van der Waals surface area contributed by atoms with Crippen molar-refractivity contribution in [3.8, 4) is 0 Å². The predicted octanol–water partition coefficient (Wildman–Crippen LogP) is 4.86. The molecule has 0 aliphatic heterocycles. The summed E-state index contributed by atoms with van der Waals surface area (Å²) in [5.74, 6) is -0.755. The summed E-state index contributed by atoms with van der Waals surface area (Å²) >= 11 is 5.78. The van der Waals surface area contributed by atoms with Gasteiger partial charge in [-0.3, -0.25) is 9.78 Å². The molecule has 0 saturated carbocycles. The Bertz CT molecular complexity index is 929. The minimum Gasteiger partial charge on any atom is -0.355 e. The van der Waals surface area contributed by atoms with E-state index >= 15 is 0 Å². The number of hydrogen-bond donors (Lipinski definition) is 2. The Kier molecular flexibility index (Phi) is 5.49. The van der Waals surface area contributed by atoms with Crippen molar-refractivity contribution in [3.05, 3.63) is 88.5 Å². The van der Waals surface area contributed by atoms with Crippen LogP contribution in [-0.2, 0) is 6.54 Å². The lowest BCUT2D eigenvalue weighted by molar-refractivity contribution is 0.0946. The van der Waals surface area contributed by atoms with E-state index in [1.807, 2.05) is 31.2 Å². The average molecular weight is 370 g/mol. The number of carbonyl (C=O) groups is 1. The van der Waals surface area contributed by atoms with Gasteiger partial charge in [0, 0.05) is 24.1 Å². The van der Waals surface area contributed by atoms with Gasteiger partial charge in [0.1, 0.15) is 11.5 Å². The number of amides is 1. The van der Waals surface area contributed by atoms with Crippen LogP contribution in [0.4, 0.5) is 15.8 Å². The molecule has 0 spiro atoms. The molecule has 3 aromatic rings. The van der Waals surface area contributed by atoms with Gasteiger partial charge >= 0.3 is 0 Å². The smallest absolute Gasteiger partial charge is 0.270 e. The number of aryl methyl sites for hydroxylation is 1. The molecule has 0 bridgehead atoms. The zero-order valence-corrected chi connectivity index (χ0v) is 14.8. The predicted molar refractivity (Wildman–Crippen MR) is 101 cm³/mol. The fraction of sp³-hybridized carbons (Fsp3) is 0.100. The summed E-state index contributed by atoms with van der Waals surface area (Å²) < 4.78 is 13.2. The van der Waals surface area contributed by atoms with Gasteiger partial charge in [-0.05, 0) is 42.8 Å². The topological polar surface area (TPSA) is 54.0 Å². The molecule has 0 atom stereocenters. The highest BCUT2D eigenvalue weighted by atomic mass is 35.5. The van der Waals surface area contributed by atoms with E-state index in [0.29, 0.717) is 17.9 Å². The molecule has 2 aromatic carbocycles. The summed E-state index contributed by atoms with van der Waals surface area (Å²) in [5.41, 5.74) is 3.74. The van der Waals surface area contributed by atoms with Crippen molar-refractivity contribution in [2.45, 2.75) is 13.5 Å². The van der Waals surface area contributed by atoms with E-state index in [9.17, 15) is 9.18 Å². The van der Waals surface area contributed by atoms with Gasteiger partial charge < -0.3 is 10.6 Å². The molecule has 0 aliphatic rings. The molecule has 3 rings (SSSR count). The van der Waals surface area contributed by atoms with E-state index in [0.717, 1.165) is 5.56 Å². The minimum absolute atomic E-state index is 0.0279. The Labute approximate surface area is 156 Å². The molecule has 0 saturated heterocycles. The summed E-state index contributed by atoms with van der Waals surface area (Å²) in [7, 11) is 0. The molecule has 1 heterocycles. The van der Waals surface area contributed by atoms with Gasteiger partial charge in [0.15, 0.2) is 0 Å². The van der Waals surface area contributed by atoms with Crippen LogP contribution in [0, 0.1) is 12.7 Å². The average Bonchev–Trinajstić information content (AvgIpc) is 2.64. The van der Waals surface area contributed by atoms with Crippen molar-refractivity contribution in [1.29, 1.82) is 0 Å². The van der Waals surface area contributed by atoms with Crippen LogP contribution in [0.15, 0.2) is 60.8 Å². The zero-order valence-electron chi connectivity index (χ0n) is 14.1. The van der Waals surface area contributed by atoms with Gasteiger partial charge in [-0.1, -0.05) is 41.4 Å². The second-order valence-corrected chi connectivity index (χ2v) is 6.26. The zero-order chi connectivity index (χ0) is 18.5. The number of halogens is 2. The van der Waals surface area contributed by atoms with E-state index < -0.39 is 5.82 Å². The number of aromatic nitrogens is 1. The maximum atomic E-state index is 13.2. The first kappa shape index (κ1) is 17.9. The van der Waals surface area contributed by atoms with Gasteiger partial charge in [-0.2, -0.15) is 0 Å². The van der Waals surface area contributed by atoms with Crippen LogP contribution in [0.25, 0.3) is 0 Å². The molecule has 1 amide bonds. The standard InChI is InChI=1S/C20H17ClFN3O/c1-13-2-4-14(5-3-13)12-24-20(26)19-11-16(8-9-23-19)25-15-6-7-18(22)17(21)10-15/h2-11H,12H2,1H3,(H,23,25)(H,24,26). The maximum Gasteiger partial charge on any atom is 0.270 e. The summed E-state index contributed by atoms with van der Waals surface area (Å²) in [6.07, 6.45) is 1.54. The van der Waals surface area contributed by atoms with Crippen LogP contribution >= 0.6 is 11.6 Å². The molecular weight excluding hydrogens is 353 g/mol. The lowest BCUT2D eigenvalue weighted by atomic mass is 10.1. The first-order valence-corrected chi connectivity index (χ1v) is 8.41. The number of nitrogens with one attached hydrogen (secondary N) is 2. The van der Waals surface area contributed by atoms with E-state index in [1.165, 1.54) is 23.9 Å². The monoisotopic (exact) mass is 369 g/mol. The number of pyridine rings is 1. The molecule has 0 fully saturated rings. The second kappa shape index (κ2) is 7.97. The molecule has 0 radical (unpaired) electrons. The summed E-state index contributed by atoms with van der Waals surface area (Å²) in [6.45, 7) is 2.44. The first-order chi connectivity index (χ1) is 12.5. The fourth-order valence-corrected chi connectivity index (χ4v) is 2.53. The largest absolute Gasteiger partial charge is 0.355 e. The van der Waals surface area contributed by atoms with Gasteiger partial charge in [-0.15, -0.1) is 0 Å². The van der Waals surface area contributed by atoms with Crippen LogP contribution < -0.4 is 10.6 Å². The molecule has 6 heteroatoms. The number of benzene rings is 2. The summed E-state index contributed by atoms with van der Waals surface area (Å²) in [4.78, 5) is 16.4. The van der Waals surface area contributed by atoms with Crippen LogP contribution in [0.5, 0.6) is 0 Å². The number of hydrogen-bond acceptors (Lipinski definition) is 3. The lowest BCUT2D eigenvalue weighted by Gasteiger charge is -2.09. The van der Waals surface area contributed by atoms with E-state index in [1.54, 1.807) is 18.2 Å². The van der Waals surface area contributed by atoms with Gasteiger partial charge in [-0.25, -0.2) is 4.39 Å². The Morgan fingerprint density at radius 1 is 1.08 bits per heavy atom. The molecule has 26 heavy (non-hydrogen) atoms. The van der Waals surface area contributed by atoms with Gasteiger partial charge in [0.2, 0.25) is 0 Å². The minimum atomic E-state index is -0.483. The molecular formula is C20H17ClFN3O. The van der Waals surface area contributed by atoms with Gasteiger partial charge in [0.05, 0.1) is 5.02 Å². The highest BCUT2D eigenvalue weighted by molar-refractivity contribution is 6.31. The lowest BCUT2D eigenvalue weighted by Crippen LogP contribution is -2.23. The number of nitrogens with zero attached hydrogens (tertiary/aromatic N) is 1. The number of rotatable bonds is 5. The molecule has 4 nitrogen and oxygen atoms in total. The Morgan fingerprint density at radius 2 is 1.81 bits per heavy atom. The molecule has 132 valence electrons. The third-order valence-electron chi connectivity index (χ3n) is 3.77. The van der Waals surface area contributed by atoms with Crippen molar-refractivity contribution < 1.29 is 9.18 Å². The summed E-state index contributed by atoms with van der Waals surface area (Å²) in [6, 6.07) is 15.6. The molecule has 2 N–H and O–H groups in total. The third kappa shape index (κ3) is 4.58. The summed E-state index contributed by atoms with van der Waals surface area (Å²) in [5, 5.41) is 5.95. The highest BCUT2D eigenvalue weighted by Crippen LogP contribution is 2.22. The van der Waals surface area contributed by atoms with Crippen molar-refractivity contribution in [3.63, 3.8) is 0 Å². The molecule has 0 aliphatic carbocycles. The Balaban J connectivity index is 1.66. The quantitative estimate of drug-likeness (QED) is 0.675. The normalized spacial score (nSPS) is 10.4. The first-order valence-electron chi connectivity index (χ1n) is 8.03. The van der Waals surface area contributed by atoms with Crippen LogP contribution in [-0.4, -0.2) is 10.9 Å². The van der Waals surface area contributed by atoms with Crippen molar-refractivity contribution in [2.24, 2.45) is 0 Å². The van der Waals surface area contributed by atoms with E-state index in [2.05, 4.69) is 15.6 Å². The molecule has 0 unspecified atom stereocenters. The molecule has 1 aromatic heterocycles. The van der Waals surface area contributed by atoms with Crippen molar-refractivity contribution >= 4 is 28.9 Å². The number of anilines is 2. The van der Waals surface area contributed by atoms with Crippen molar-refractivity contribution in [1.82, 2.24) is 10.3 Å². The van der Waals surface area contributed by atoms with E-state index in [-0.39, 0.29) is 16.6 Å². The third-order valence-corrected chi connectivity index (χ3v) is 4.06. The highest BCUT2D eigenvalue weighted by Gasteiger charge is 2.08. The number of carbonyl (C=O) groups excluding carboxylic acids is 1. The van der Waals surface area contributed by atoms with Crippen LogP contribution in [0.1, 0.15) is 21.6 Å². The second-order valence-electron chi connectivity index (χ2n) is 5.85. The fourth-order valence-electron chi connectivity index (χ4n) is 2.35. The van der Waals surface area contributed by atoms with Crippen molar-refractivity contribution in [2.75, 3.05) is 5.32 Å². The van der Waals surface area contributed by atoms with Gasteiger partial charge in [0.25, 0.3) is 5.91 Å².